The molecule has 0 saturated carbocycles. The summed E-state index contributed by atoms with van der Waals surface area (Å²) in [5.74, 6) is -0.243. The minimum atomic E-state index is -0.628. The summed E-state index contributed by atoms with van der Waals surface area (Å²) in [5.41, 5.74) is 7.84. The monoisotopic (exact) mass is 402 g/mol. The maximum absolute atomic E-state index is 13.6. The SMILES string of the molecule is Cc1c[nH]c2ncnc(N3CC[C@](N)(CNC(=O)c4cccc(F)c4Cl)C3)c12. The fourth-order valence-corrected chi connectivity index (χ4v) is 3.80. The Kier molecular flexibility index (Phi) is 4.68. The molecule has 1 atom stereocenters. The third-order valence-electron chi connectivity index (χ3n) is 5.13. The fourth-order valence-electron chi connectivity index (χ4n) is 3.59. The van der Waals surface area contributed by atoms with E-state index in [0.717, 1.165) is 22.4 Å². The molecule has 0 spiro atoms. The van der Waals surface area contributed by atoms with Gasteiger partial charge < -0.3 is 20.9 Å². The summed E-state index contributed by atoms with van der Waals surface area (Å²) in [6.07, 6.45) is 4.11. The van der Waals surface area contributed by atoms with Crippen LogP contribution in [0.1, 0.15) is 22.3 Å². The summed E-state index contributed by atoms with van der Waals surface area (Å²) in [6.45, 7) is 3.49. The van der Waals surface area contributed by atoms with Gasteiger partial charge in [0.1, 0.15) is 23.6 Å². The lowest BCUT2D eigenvalue weighted by molar-refractivity contribution is 0.0944. The van der Waals surface area contributed by atoms with Crippen molar-refractivity contribution in [2.24, 2.45) is 5.73 Å². The highest BCUT2D eigenvalue weighted by atomic mass is 35.5. The molecule has 4 N–H and O–H groups in total. The molecule has 146 valence electrons. The molecule has 1 amide bonds. The van der Waals surface area contributed by atoms with Crippen molar-refractivity contribution in [3.8, 4) is 0 Å². The fraction of sp³-hybridized carbons (Fsp3) is 0.316. The maximum atomic E-state index is 13.6. The van der Waals surface area contributed by atoms with Gasteiger partial charge in [0.05, 0.1) is 21.5 Å². The van der Waals surface area contributed by atoms with E-state index in [0.29, 0.717) is 19.5 Å². The summed E-state index contributed by atoms with van der Waals surface area (Å²) in [5, 5.41) is 3.57. The summed E-state index contributed by atoms with van der Waals surface area (Å²) in [4.78, 5) is 26.3. The topological polar surface area (TPSA) is 99.9 Å². The van der Waals surface area contributed by atoms with Crippen LogP contribution in [0.3, 0.4) is 0 Å². The predicted octanol–water partition coefficient (Wildman–Crippen LogP) is 2.40. The maximum Gasteiger partial charge on any atom is 0.252 e. The molecule has 1 aromatic carbocycles. The van der Waals surface area contributed by atoms with Crippen LogP contribution in [-0.2, 0) is 0 Å². The Morgan fingerprint density at radius 1 is 1.46 bits per heavy atom. The van der Waals surface area contributed by atoms with Gasteiger partial charge in [0.2, 0.25) is 0 Å². The first-order valence-electron chi connectivity index (χ1n) is 8.93. The van der Waals surface area contributed by atoms with Gasteiger partial charge >= 0.3 is 0 Å². The zero-order valence-electron chi connectivity index (χ0n) is 15.3. The second-order valence-electron chi connectivity index (χ2n) is 7.21. The first-order valence-corrected chi connectivity index (χ1v) is 9.30. The van der Waals surface area contributed by atoms with Gasteiger partial charge in [-0.3, -0.25) is 4.79 Å². The number of nitrogens with two attached hydrogens (primary N) is 1. The largest absolute Gasteiger partial charge is 0.354 e. The van der Waals surface area contributed by atoms with Crippen LogP contribution in [0.5, 0.6) is 0 Å². The summed E-state index contributed by atoms with van der Waals surface area (Å²) >= 11 is 5.89. The normalized spacial score (nSPS) is 19.4. The number of nitrogens with zero attached hydrogens (tertiary/aromatic N) is 3. The van der Waals surface area contributed by atoms with Crippen molar-refractivity contribution >= 4 is 34.4 Å². The second kappa shape index (κ2) is 7.03. The van der Waals surface area contributed by atoms with Crippen molar-refractivity contribution in [1.29, 1.82) is 0 Å². The number of aromatic nitrogens is 3. The highest BCUT2D eigenvalue weighted by Crippen LogP contribution is 2.30. The van der Waals surface area contributed by atoms with Gasteiger partial charge in [-0.15, -0.1) is 0 Å². The van der Waals surface area contributed by atoms with E-state index in [1.54, 1.807) is 0 Å². The Morgan fingerprint density at radius 3 is 3.11 bits per heavy atom. The number of halogens is 2. The number of rotatable bonds is 4. The molecule has 2 aromatic heterocycles. The molecule has 3 aromatic rings. The Labute approximate surface area is 166 Å². The van der Waals surface area contributed by atoms with Crippen molar-refractivity contribution < 1.29 is 9.18 Å². The standard InChI is InChI=1S/C19H20ClFN6O/c1-11-7-23-16-14(11)17(26-10-25-16)27-6-5-19(22,9-27)8-24-18(28)12-3-2-4-13(21)15(12)20/h2-4,7,10H,5-6,8-9,22H2,1H3,(H,24,28)(H,23,25,26)/t19-/m0/s1. The van der Waals surface area contributed by atoms with Crippen molar-refractivity contribution in [2.75, 3.05) is 24.5 Å². The van der Waals surface area contributed by atoms with Crippen LogP contribution in [0.4, 0.5) is 10.2 Å². The van der Waals surface area contributed by atoms with Crippen LogP contribution < -0.4 is 16.0 Å². The average Bonchev–Trinajstić information content (AvgIpc) is 3.26. The van der Waals surface area contributed by atoms with Crippen molar-refractivity contribution in [2.45, 2.75) is 18.9 Å². The zero-order chi connectivity index (χ0) is 19.9. The van der Waals surface area contributed by atoms with Crippen LogP contribution in [-0.4, -0.2) is 46.0 Å². The number of benzene rings is 1. The third-order valence-corrected chi connectivity index (χ3v) is 5.51. The number of amides is 1. The van der Waals surface area contributed by atoms with Gasteiger partial charge in [0, 0.05) is 25.8 Å². The smallest absolute Gasteiger partial charge is 0.252 e. The minimum absolute atomic E-state index is 0.0978. The van der Waals surface area contributed by atoms with Crippen LogP contribution in [0.15, 0.2) is 30.7 Å². The number of hydrogen-bond acceptors (Lipinski definition) is 5. The molecule has 0 unspecified atom stereocenters. The predicted molar refractivity (Wildman–Crippen MR) is 106 cm³/mol. The molecular weight excluding hydrogens is 383 g/mol. The molecule has 7 nitrogen and oxygen atoms in total. The molecular formula is C19H20ClFN6O. The number of hydrogen-bond donors (Lipinski definition) is 3. The first kappa shape index (κ1) is 18.6. The van der Waals surface area contributed by atoms with Crippen LogP contribution in [0.2, 0.25) is 5.02 Å². The van der Waals surface area contributed by atoms with E-state index in [-0.39, 0.29) is 17.1 Å². The molecule has 1 aliphatic heterocycles. The quantitative estimate of drug-likeness (QED) is 0.622. The Hall–Kier alpha value is -2.71. The van der Waals surface area contributed by atoms with Gasteiger partial charge in [-0.1, -0.05) is 17.7 Å². The van der Waals surface area contributed by atoms with E-state index >= 15 is 0 Å². The van der Waals surface area contributed by atoms with E-state index in [1.807, 2.05) is 13.1 Å². The molecule has 3 heterocycles. The molecule has 0 bridgehead atoms. The number of anilines is 1. The van der Waals surface area contributed by atoms with Gasteiger partial charge in [-0.05, 0) is 31.0 Å². The Balaban J connectivity index is 1.47. The van der Waals surface area contributed by atoms with Crippen LogP contribution in [0.25, 0.3) is 11.0 Å². The lowest BCUT2D eigenvalue weighted by Gasteiger charge is -2.25. The Morgan fingerprint density at radius 2 is 2.29 bits per heavy atom. The number of H-pyrrole nitrogens is 1. The lowest BCUT2D eigenvalue weighted by atomic mass is 10.00. The van der Waals surface area contributed by atoms with E-state index in [9.17, 15) is 9.18 Å². The molecule has 1 fully saturated rings. The summed E-state index contributed by atoms with van der Waals surface area (Å²) in [6, 6.07) is 4.15. The molecule has 4 rings (SSSR count). The summed E-state index contributed by atoms with van der Waals surface area (Å²) < 4.78 is 13.6. The lowest BCUT2D eigenvalue weighted by Crippen LogP contribution is -2.52. The third kappa shape index (κ3) is 3.29. The molecule has 1 saturated heterocycles. The van der Waals surface area contributed by atoms with E-state index < -0.39 is 17.3 Å². The Bertz CT molecular complexity index is 1050. The van der Waals surface area contributed by atoms with E-state index in [2.05, 4.69) is 25.2 Å². The van der Waals surface area contributed by atoms with Crippen LogP contribution in [0, 0.1) is 12.7 Å². The average molecular weight is 403 g/mol. The van der Waals surface area contributed by atoms with Crippen molar-refractivity contribution in [3.05, 3.63) is 52.7 Å². The van der Waals surface area contributed by atoms with E-state index in [1.165, 1.54) is 24.5 Å². The van der Waals surface area contributed by atoms with Crippen molar-refractivity contribution in [3.63, 3.8) is 0 Å². The van der Waals surface area contributed by atoms with Gasteiger partial charge in [0.15, 0.2) is 0 Å². The number of aryl methyl sites for hydroxylation is 1. The number of carbonyl (C=O) groups is 1. The molecule has 0 aliphatic carbocycles. The first-order chi connectivity index (χ1) is 13.4. The number of carbonyl (C=O) groups excluding carboxylic acids is 1. The number of aromatic amines is 1. The second-order valence-corrected chi connectivity index (χ2v) is 7.59. The van der Waals surface area contributed by atoms with Gasteiger partial charge in [-0.2, -0.15) is 0 Å². The molecule has 1 aliphatic rings. The van der Waals surface area contributed by atoms with Crippen molar-refractivity contribution in [1.82, 2.24) is 20.3 Å². The molecule has 9 heteroatoms. The van der Waals surface area contributed by atoms with Gasteiger partial charge in [0.25, 0.3) is 5.91 Å². The van der Waals surface area contributed by atoms with Crippen LogP contribution >= 0.6 is 11.6 Å². The highest BCUT2D eigenvalue weighted by Gasteiger charge is 2.36. The van der Waals surface area contributed by atoms with E-state index in [4.69, 9.17) is 17.3 Å². The van der Waals surface area contributed by atoms with Gasteiger partial charge in [-0.25, -0.2) is 14.4 Å². The zero-order valence-corrected chi connectivity index (χ0v) is 16.1. The molecule has 0 radical (unpaired) electrons. The molecule has 28 heavy (non-hydrogen) atoms. The minimum Gasteiger partial charge on any atom is -0.354 e. The number of nitrogens with one attached hydrogen (secondary N) is 2. The summed E-state index contributed by atoms with van der Waals surface area (Å²) in [7, 11) is 0. The highest BCUT2D eigenvalue weighted by molar-refractivity contribution is 6.34. The number of fused-ring (bicyclic) bond motifs is 1.